The number of methoxy groups -OCH3 is 1. The zero-order valence-corrected chi connectivity index (χ0v) is 9.20. The van der Waals surface area contributed by atoms with Gasteiger partial charge in [-0.1, -0.05) is 0 Å². The SMILES string of the molecule is COC12CC3CC(CC(C3)C13COO3)C2. The van der Waals surface area contributed by atoms with E-state index in [0.717, 1.165) is 18.4 Å². The molecule has 0 amide bonds. The van der Waals surface area contributed by atoms with Gasteiger partial charge >= 0.3 is 0 Å². The van der Waals surface area contributed by atoms with Crippen LogP contribution in [0.3, 0.4) is 0 Å². The summed E-state index contributed by atoms with van der Waals surface area (Å²) in [5.41, 5.74) is -0.0881. The highest BCUT2D eigenvalue weighted by Crippen LogP contribution is 2.64. The Morgan fingerprint density at radius 2 is 1.80 bits per heavy atom. The summed E-state index contributed by atoms with van der Waals surface area (Å²) in [7, 11) is 1.86. The topological polar surface area (TPSA) is 27.7 Å². The Bertz CT molecular complexity index is 283. The number of hydrogen-bond acceptors (Lipinski definition) is 3. The lowest BCUT2D eigenvalue weighted by Gasteiger charge is -2.67. The molecule has 3 nitrogen and oxygen atoms in total. The van der Waals surface area contributed by atoms with Gasteiger partial charge in [0.25, 0.3) is 0 Å². The average molecular weight is 210 g/mol. The van der Waals surface area contributed by atoms with Crippen molar-refractivity contribution in [2.75, 3.05) is 13.7 Å². The fourth-order valence-electron chi connectivity index (χ4n) is 4.93. The van der Waals surface area contributed by atoms with Crippen LogP contribution in [0.2, 0.25) is 0 Å². The summed E-state index contributed by atoms with van der Waals surface area (Å²) in [4.78, 5) is 10.6. The third-order valence-electron chi connectivity index (χ3n) is 5.44. The highest BCUT2D eigenvalue weighted by molar-refractivity contribution is 5.18. The molecule has 1 saturated heterocycles. The lowest BCUT2D eigenvalue weighted by molar-refractivity contribution is -0.532. The first-order valence-corrected chi connectivity index (χ1v) is 6.14. The molecule has 0 aromatic heterocycles. The maximum absolute atomic E-state index is 5.90. The molecule has 4 saturated carbocycles. The first kappa shape index (κ1) is 8.97. The minimum atomic E-state index is -0.0742. The summed E-state index contributed by atoms with van der Waals surface area (Å²) in [5, 5.41) is 0. The second-order valence-electron chi connectivity index (χ2n) is 5.98. The first-order valence-electron chi connectivity index (χ1n) is 6.14. The standard InChI is InChI=1S/C12H18O3/c1-13-11-5-8-2-9(6-11)4-10(3-8)12(11)7-14-15-12/h8-10H,2-7H2,1H3. The Balaban J connectivity index is 1.80. The van der Waals surface area contributed by atoms with Gasteiger partial charge in [-0.2, -0.15) is 0 Å². The molecule has 3 unspecified atom stereocenters. The van der Waals surface area contributed by atoms with E-state index in [4.69, 9.17) is 14.5 Å². The summed E-state index contributed by atoms with van der Waals surface area (Å²) >= 11 is 0. The molecule has 3 atom stereocenters. The summed E-state index contributed by atoms with van der Waals surface area (Å²) in [6, 6.07) is 0. The van der Waals surface area contributed by atoms with Crippen LogP contribution in [0, 0.1) is 17.8 Å². The highest BCUT2D eigenvalue weighted by Gasteiger charge is 2.71. The van der Waals surface area contributed by atoms with Crippen molar-refractivity contribution in [3.8, 4) is 0 Å². The van der Waals surface area contributed by atoms with Gasteiger partial charge in [0.2, 0.25) is 0 Å². The predicted octanol–water partition coefficient (Wildman–Crippen LogP) is 1.91. The molecule has 1 spiro atoms. The van der Waals surface area contributed by atoms with Crippen molar-refractivity contribution < 1.29 is 14.5 Å². The molecular weight excluding hydrogens is 192 g/mol. The lowest BCUT2D eigenvalue weighted by Crippen LogP contribution is -2.76. The van der Waals surface area contributed by atoms with E-state index in [1.54, 1.807) is 0 Å². The van der Waals surface area contributed by atoms with Gasteiger partial charge in [0.05, 0.1) is 0 Å². The molecule has 15 heavy (non-hydrogen) atoms. The first-order chi connectivity index (χ1) is 7.28. The molecule has 0 aromatic rings. The van der Waals surface area contributed by atoms with Crippen molar-refractivity contribution in [3.05, 3.63) is 0 Å². The normalized spacial score (nSPS) is 61.0. The van der Waals surface area contributed by atoms with Gasteiger partial charge in [-0.05, 0) is 49.9 Å². The Labute approximate surface area is 90.0 Å². The highest BCUT2D eigenvalue weighted by atomic mass is 17.3. The van der Waals surface area contributed by atoms with E-state index < -0.39 is 0 Å². The second-order valence-corrected chi connectivity index (χ2v) is 5.98. The minimum Gasteiger partial charge on any atom is -0.375 e. The van der Waals surface area contributed by atoms with Gasteiger partial charge in [-0.25, -0.2) is 9.78 Å². The van der Waals surface area contributed by atoms with Crippen LogP contribution in [-0.2, 0) is 14.5 Å². The molecule has 0 radical (unpaired) electrons. The Morgan fingerprint density at radius 3 is 2.27 bits per heavy atom. The number of ether oxygens (including phenoxy) is 1. The van der Waals surface area contributed by atoms with Crippen LogP contribution >= 0.6 is 0 Å². The molecule has 4 bridgehead atoms. The Morgan fingerprint density at radius 1 is 1.13 bits per heavy atom. The molecule has 84 valence electrons. The van der Waals surface area contributed by atoms with Gasteiger partial charge in [-0.3, -0.25) is 0 Å². The van der Waals surface area contributed by atoms with Crippen molar-refractivity contribution in [2.45, 2.75) is 43.3 Å². The van der Waals surface area contributed by atoms with Crippen molar-refractivity contribution in [1.82, 2.24) is 0 Å². The predicted molar refractivity (Wildman–Crippen MR) is 53.1 cm³/mol. The third-order valence-corrected chi connectivity index (χ3v) is 5.44. The maximum Gasteiger partial charge on any atom is 0.161 e. The second kappa shape index (κ2) is 2.58. The van der Waals surface area contributed by atoms with E-state index >= 15 is 0 Å². The molecule has 0 aromatic carbocycles. The summed E-state index contributed by atoms with van der Waals surface area (Å²) in [6.07, 6.45) is 6.49. The van der Waals surface area contributed by atoms with Crippen LogP contribution in [0.4, 0.5) is 0 Å². The fraction of sp³-hybridized carbons (Fsp3) is 1.00. The van der Waals surface area contributed by atoms with Gasteiger partial charge < -0.3 is 4.74 Å². The molecule has 0 N–H and O–H groups in total. The molecule has 5 fully saturated rings. The van der Waals surface area contributed by atoms with Crippen molar-refractivity contribution in [3.63, 3.8) is 0 Å². The maximum atomic E-state index is 5.90. The Kier molecular flexibility index (Phi) is 1.54. The van der Waals surface area contributed by atoms with E-state index in [-0.39, 0.29) is 11.2 Å². The van der Waals surface area contributed by atoms with E-state index in [2.05, 4.69) is 0 Å². The number of rotatable bonds is 1. The lowest BCUT2D eigenvalue weighted by atomic mass is 9.47. The third kappa shape index (κ3) is 0.855. The average Bonchev–Trinajstić information content (AvgIpc) is 2.13. The molecule has 3 heteroatoms. The smallest absolute Gasteiger partial charge is 0.161 e. The van der Waals surface area contributed by atoms with Crippen molar-refractivity contribution in [2.24, 2.45) is 17.8 Å². The van der Waals surface area contributed by atoms with Gasteiger partial charge in [0.15, 0.2) is 5.60 Å². The molecule has 1 aliphatic heterocycles. The van der Waals surface area contributed by atoms with Crippen molar-refractivity contribution in [1.29, 1.82) is 0 Å². The zero-order chi connectivity index (χ0) is 10.1. The number of hydrogen-bond donors (Lipinski definition) is 0. The summed E-state index contributed by atoms with van der Waals surface area (Å²) in [6.45, 7) is 0.755. The van der Waals surface area contributed by atoms with Crippen LogP contribution in [-0.4, -0.2) is 24.9 Å². The minimum absolute atomic E-state index is 0.0139. The van der Waals surface area contributed by atoms with Crippen LogP contribution in [0.25, 0.3) is 0 Å². The Hall–Kier alpha value is -0.120. The molecule has 1 heterocycles. The van der Waals surface area contributed by atoms with Gasteiger partial charge in [0, 0.05) is 7.11 Å². The van der Waals surface area contributed by atoms with Crippen LogP contribution < -0.4 is 0 Å². The van der Waals surface area contributed by atoms with Crippen LogP contribution in [0.1, 0.15) is 32.1 Å². The van der Waals surface area contributed by atoms with Crippen molar-refractivity contribution >= 4 is 0 Å². The quantitative estimate of drug-likeness (QED) is 0.619. The van der Waals surface area contributed by atoms with E-state index in [9.17, 15) is 0 Å². The van der Waals surface area contributed by atoms with Gasteiger partial charge in [-0.15, -0.1) is 0 Å². The van der Waals surface area contributed by atoms with Gasteiger partial charge in [0.1, 0.15) is 12.2 Å². The molecule has 5 aliphatic rings. The fourth-order valence-corrected chi connectivity index (χ4v) is 4.93. The molecular formula is C12H18O3. The zero-order valence-electron chi connectivity index (χ0n) is 9.20. The van der Waals surface area contributed by atoms with E-state index in [1.165, 1.54) is 32.1 Å². The molecule has 4 aliphatic carbocycles. The largest absolute Gasteiger partial charge is 0.375 e. The summed E-state index contributed by atoms with van der Waals surface area (Å²) < 4.78 is 5.90. The van der Waals surface area contributed by atoms with E-state index in [1.807, 2.05) is 7.11 Å². The molecule has 5 rings (SSSR count). The van der Waals surface area contributed by atoms with Crippen LogP contribution in [0.15, 0.2) is 0 Å². The van der Waals surface area contributed by atoms with Crippen LogP contribution in [0.5, 0.6) is 0 Å². The summed E-state index contributed by atoms with van der Waals surface area (Å²) in [5.74, 6) is 2.46. The monoisotopic (exact) mass is 210 g/mol. The van der Waals surface area contributed by atoms with E-state index in [0.29, 0.717) is 5.92 Å².